The molecule has 3 aliphatic heterocycles. The minimum Gasteiger partial charge on any atom is -0.394 e. The number of aliphatic hydroxyl groups is 1. The van der Waals surface area contributed by atoms with Crippen LogP contribution in [0.4, 0.5) is 0 Å². The number of rotatable bonds is 9. The Morgan fingerprint density at radius 1 is 0.971 bits per heavy atom. The van der Waals surface area contributed by atoms with Crippen LogP contribution in [0.25, 0.3) is 0 Å². The third-order valence-corrected chi connectivity index (χ3v) is 7.98. The molecule has 1 aromatic carbocycles. The van der Waals surface area contributed by atoms with E-state index in [1.54, 1.807) is 0 Å². The average Bonchev–Trinajstić information content (AvgIpc) is 2.90. The second-order valence-electron chi connectivity index (χ2n) is 10.6. The SMILES string of the molecule is O=C(CCN1CCCCC1)N[C@H]1CC[C@@H](CC(=O)N2CCC(Cc3ccccc3)CC2)O[C@@H]1CO. The summed E-state index contributed by atoms with van der Waals surface area (Å²) in [7, 11) is 0. The Bertz CT molecular complexity index is 791. The zero-order chi connectivity index (χ0) is 24.5. The van der Waals surface area contributed by atoms with Gasteiger partial charge in [0.05, 0.1) is 25.2 Å². The number of carbonyl (C=O) groups is 2. The molecule has 0 spiro atoms. The van der Waals surface area contributed by atoms with Crippen LogP contribution in [-0.4, -0.2) is 84.3 Å². The summed E-state index contributed by atoms with van der Waals surface area (Å²) in [5.41, 5.74) is 1.37. The van der Waals surface area contributed by atoms with Crippen LogP contribution < -0.4 is 5.32 Å². The third-order valence-electron chi connectivity index (χ3n) is 7.98. The minimum atomic E-state index is -0.447. The monoisotopic (exact) mass is 485 g/mol. The van der Waals surface area contributed by atoms with Crippen molar-refractivity contribution >= 4 is 11.8 Å². The van der Waals surface area contributed by atoms with Crippen LogP contribution in [0.5, 0.6) is 0 Å². The first-order valence-electron chi connectivity index (χ1n) is 13.7. The van der Waals surface area contributed by atoms with E-state index in [0.29, 0.717) is 18.8 Å². The molecule has 2 N–H and O–H groups in total. The topological polar surface area (TPSA) is 82.1 Å². The van der Waals surface area contributed by atoms with Gasteiger partial charge in [-0.2, -0.15) is 0 Å². The lowest BCUT2D eigenvalue weighted by Gasteiger charge is -2.38. The molecule has 3 heterocycles. The van der Waals surface area contributed by atoms with E-state index in [9.17, 15) is 14.7 Å². The Hall–Kier alpha value is -1.96. The van der Waals surface area contributed by atoms with Gasteiger partial charge >= 0.3 is 0 Å². The van der Waals surface area contributed by atoms with Gasteiger partial charge in [0.25, 0.3) is 0 Å². The van der Waals surface area contributed by atoms with Gasteiger partial charge in [-0.3, -0.25) is 9.59 Å². The first-order chi connectivity index (χ1) is 17.1. The maximum Gasteiger partial charge on any atom is 0.225 e. The van der Waals surface area contributed by atoms with Gasteiger partial charge in [-0.25, -0.2) is 0 Å². The van der Waals surface area contributed by atoms with Crippen molar-refractivity contribution in [1.82, 2.24) is 15.1 Å². The fourth-order valence-electron chi connectivity index (χ4n) is 5.83. The molecule has 7 nitrogen and oxygen atoms in total. The summed E-state index contributed by atoms with van der Waals surface area (Å²) >= 11 is 0. The number of likely N-dealkylation sites (tertiary alicyclic amines) is 2. The molecule has 3 fully saturated rings. The molecule has 3 saturated heterocycles. The van der Waals surface area contributed by atoms with Crippen LogP contribution in [0.2, 0.25) is 0 Å². The number of carbonyl (C=O) groups excluding carboxylic acids is 2. The second-order valence-corrected chi connectivity index (χ2v) is 10.6. The predicted octanol–water partition coefficient (Wildman–Crippen LogP) is 2.76. The zero-order valence-electron chi connectivity index (χ0n) is 21.1. The van der Waals surface area contributed by atoms with Crippen molar-refractivity contribution in [3.8, 4) is 0 Å². The van der Waals surface area contributed by atoms with Crippen molar-refractivity contribution in [2.45, 2.75) is 82.5 Å². The van der Waals surface area contributed by atoms with Crippen LogP contribution in [0.15, 0.2) is 30.3 Å². The van der Waals surface area contributed by atoms with E-state index in [2.05, 4.69) is 34.5 Å². The summed E-state index contributed by atoms with van der Waals surface area (Å²) in [4.78, 5) is 29.8. The lowest BCUT2D eigenvalue weighted by molar-refractivity contribution is -0.143. The normalized spacial score (nSPS) is 26.4. The van der Waals surface area contributed by atoms with Crippen LogP contribution in [-0.2, 0) is 20.7 Å². The number of aliphatic hydroxyl groups excluding tert-OH is 1. The van der Waals surface area contributed by atoms with Crippen molar-refractivity contribution < 1.29 is 19.4 Å². The average molecular weight is 486 g/mol. The summed E-state index contributed by atoms with van der Waals surface area (Å²) < 4.78 is 6.08. The molecule has 1 aromatic rings. The van der Waals surface area contributed by atoms with E-state index in [1.165, 1.54) is 24.8 Å². The molecule has 7 heteroatoms. The van der Waals surface area contributed by atoms with Gasteiger partial charge in [-0.15, -0.1) is 0 Å². The van der Waals surface area contributed by atoms with Crippen LogP contribution in [0, 0.1) is 5.92 Å². The highest BCUT2D eigenvalue weighted by molar-refractivity contribution is 5.77. The molecule has 2 amide bonds. The first-order valence-corrected chi connectivity index (χ1v) is 13.7. The summed E-state index contributed by atoms with van der Waals surface area (Å²) in [6, 6.07) is 10.4. The van der Waals surface area contributed by atoms with Crippen LogP contribution in [0.1, 0.15) is 63.4 Å². The molecule has 0 bridgehead atoms. The van der Waals surface area contributed by atoms with Crippen molar-refractivity contribution in [3.05, 3.63) is 35.9 Å². The van der Waals surface area contributed by atoms with E-state index in [1.807, 2.05) is 11.0 Å². The van der Waals surface area contributed by atoms with Crippen molar-refractivity contribution in [2.24, 2.45) is 5.92 Å². The molecular weight excluding hydrogens is 442 g/mol. The smallest absolute Gasteiger partial charge is 0.225 e. The van der Waals surface area contributed by atoms with E-state index in [4.69, 9.17) is 4.74 Å². The molecule has 194 valence electrons. The number of nitrogens with zero attached hydrogens (tertiary/aromatic N) is 2. The Balaban J connectivity index is 1.15. The van der Waals surface area contributed by atoms with Crippen molar-refractivity contribution in [1.29, 1.82) is 0 Å². The van der Waals surface area contributed by atoms with Gasteiger partial charge in [-0.1, -0.05) is 36.8 Å². The molecule has 3 aliphatic rings. The molecule has 0 saturated carbocycles. The standard InChI is InChI=1S/C28H43N3O4/c32-21-26-25(29-27(33)13-16-30-14-5-2-6-15-30)10-9-24(35-26)20-28(34)31-17-11-23(12-18-31)19-22-7-3-1-4-8-22/h1,3-4,7-8,23-26,32H,2,5-6,9-21H2,(H,29,33)/t24-,25-,26+/m0/s1. The predicted molar refractivity (Wildman–Crippen MR) is 136 cm³/mol. The molecule has 3 atom stereocenters. The van der Waals surface area contributed by atoms with Gasteiger partial charge in [0.1, 0.15) is 6.10 Å². The number of benzene rings is 1. The first kappa shape index (κ1) is 26.1. The van der Waals surface area contributed by atoms with Crippen molar-refractivity contribution in [3.63, 3.8) is 0 Å². The van der Waals surface area contributed by atoms with Crippen molar-refractivity contribution in [2.75, 3.05) is 39.3 Å². The second kappa shape index (κ2) is 13.4. The Morgan fingerprint density at radius 3 is 2.43 bits per heavy atom. The van der Waals surface area contributed by atoms with E-state index in [-0.39, 0.29) is 30.6 Å². The molecule has 0 unspecified atom stereocenters. The van der Waals surface area contributed by atoms with Gasteiger partial charge in [0, 0.05) is 26.1 Å². The number of amides is 2. The van der Waals surface area contributed by atoms with E-state index < -0.39 is 6.10 Å². The molecule has 35 heavy (non-hydrogen) atoms. The highest BCUT2D eigenvalue weighted by atomic mass is 16.5. The number of ether oxygens (including phenoxy) is 1. The van der Waals surface area contributed by atoms with Crippen LogP contribution >= 0.6 is 0 Å². The quantitative estimate of drug-likeness (QED) is 0.562. The Morgan fingerprint density at radius 2 is 1.71 bits per heavy atom. The van der Waals surface area contributed by atoms with Crippen LogP contribution in [0.3, 0.4) is 0 Å². The number of hydrogen-bond donors (Lipinski definition) is 2. The van der Waals surface area contributed by atoms with Gasteiger partial charge in [0.15, 0.2) is 0 Å². The minimum absolute atomic E-state index is 0.0236. The summed E-state index contributed by atoms with van der Waals surface area (Å²) in [6.45, 7) is 4.43. The van der Waals surface area contributed by atoms with Gasteiger partial charge in [-0.05, 0) is 69.5 Å². The fraction of sp³-hybridized carbons (Fsp3) is 0.714. The van der Waals surface area contributed by atoms with Gasteiger partial charge < -0.3 is 25.0 Å². The number of nitrogens with one attached hydrogen (secondary N) is 1. The maximum absolute atomic E-state index is 12.9. The largest absolute Gasteiger partial charge is 0.394 e. The van der Waals surface area contributed by atoms with E-state index >= 15 is 0 Å². The molecule has 0 aliphatic carbocycles. The highest BCUT2D eigenvalue weighted by Gasteiger charge is 2.34. The number of piperidine rings is 2. The summed E-state index contributed by atoms with van der Waals surface area (Å²) in [6.07, 6.45) is 8.55. The highest BCUT2D eigenvalue weighted by Crippen LogP contribution is 2.25. The third kappa shape index (κ3) is 8.02. The maximum atomic E-state index is 12.9. The molecule has 0 aromatic heterocycles. The Labute approximate surface area is 210 Å². The molecular formula is C28H43N3O4. The lowest BCUT2D eigenvalue weighted by Crippen LogP contribution is -2.52. The summed E-state index contributed by atoms with van der Waals surface area (Å²) in [5, 5.41) is 13.0. The fourth-order valence-corrected chi connectivity index (χ4v) is 5.83. The summed E-state index contributed by atoms with van der Waals surface area (Å²) in [5.74, 6) is 0.801. The zero-order valence-corrected chi connectivity index (χ0v) is 21.1. The van der Waals surface area contributed by atoms with Gasteiger partial charge in [0.2, 0.25) is 11.8 Å². The van der Waals surface area contributed by atoms with E-state index in [0.717, 1.165) is 64.8 Å². The lowest BCUT2D eigenvalue weighted by atomic mass is 9.90. The Kier molecular flexibility index (Phi) is 9.98. The molecule has 0 radical (unpaired) electrons. The number of hydrogen-bond acceptors (Lipinski definition) is 5. The molecule has 4 rings (SSSR count).